The Morgan fingerprint density at radius 1 is 1.28 bits per heavy atom. The number of benzene rings is 1. The topological polar surface area (TPSA) is 53.2 Å². The van der Waals surface area contributed by atoms with E-state index in [0.717, 1.165) is 11.0 Å². The van der Waals surface area contributed by atoms with E-state index in [1.807, 2.05) is 6.07 Å². The van der Waals surface area contributed by atoms with Gasteiger partial charge in [0.2, 0.25) is 5.78 Å². The molecule has 0 spiro atoms. The summed E-state index contributed by atoms with van der Waals surface area (Å²) < 4.78 is 3.86. The highest BCUT2D eigenvalue weighted by Gasteiger charge is 2.24. The molecule has 0 saturated carbocycles. The summed E-state index contributed by atoms with van der Waals surface area (Å²) in [6, 6.07) is 8.22. The fourth-order valence-corrected chi connectivity index (χ4v) is 3.67. The summed E-state index contributed by atoms with van der Waals surface area (Å²) in [6.07, 6.45) is 0. The van der Waals surface area contributed by atoms with Crippen molar-refractivity contribution in [2.24, 2.45) is 4.40 Å². The maximum absolute atomic E-state index is 12.2. The molecule has 0 atom stereocenters. The zero-order valence-corrected chi connectivity index (χ0v) is 11.8. The van der Waals surface area contributed by atoms with Gasteiger partial charge in [-0.3, -0.25) is 4.79 Å². The summed E-state index contributed by atoms with van der Waals surface area (Å²) in [7, 11) is 2.34. The van der Waals surface area contributed by atoms with Crippen LogP contribution in [0.1, 0.15) is 10.4 Å². The van der Waals surface area contributed by atoms with Crippen LogP contribution in [0, 0.1) is 11.3 Å². The number of rotatable bonds is 2. The third-order valence-electron chi connectivity index (χ3n) is 2.10. The molecule has 0 radical (unpaired) electrons. The number of allylic oxidation sites excluding steroid dienone is 2. The Morgan fingerprint density at radius 3 is 2.44 bits per heavy atom. The number of hydrogen-bond donors (Lipinski definition) is 0. The van der Waals surface area contributed by atoms with E-state index in [4.69, 9.17) is 28.5 Å². The molecule has 90 valence electrons. The van der Waals surface area contributed by atoms with Crippen molar-refractivity contribution < 1.29 is 4.79 Å². The van der Waals surface area contributed by atoms with Crippen molar-refractivity contribution in [3.05, 3.63) is 45.3 Å². The zero-order chi connectivity index (χ0) is 13.1. The minimum absolute atomic E-state index is 0.000993. The number of Topliss-reactive ketones (excluding diaryl/α,β-unsaturated/α-hetero) is 1. The van der Waals surface area contributed by atoms with Crippen LogP contribution in [0.2, 0.25) is 5.02 Å². The maximum atomic E-state index is 12.2. The molecule has 0 unspecified atom stereocenters. The number of nitriles is 1. The lowest BCUT2D eigenvalue weighted by Crippen LogP contribution is -2.05. The average Bonchev–Trinajstić information content (AvgIpc) is 2.78. The van der Waals surface area contributed by atoms with Gasteiger partial charge in [-0.05, 0) is 35.1 Å². The van der Waals surface area contributed by atoms with E-state index >= 15 is 0 Å². The summed E-state index contributed by atoms with van der Waals surface area (Å²) in [5.41, 5.74) is 0.395. The highest BCUT2D eigenvalue weighted by Crippen LogP contribution is 2.42. The first-order valence-corrected chi connectivity index (χ1v) is 7.52. The normalized spacial score (nSPS) is 17.1. The van der Waals surface area contributed by atoms with Gasteiger partial charge in [-0.15, -0.1) is 0 Å². The fourth-order valence-electron chi connectivity index (χ4n) is 1.26. The van der Waals surface area contributed by atoms with Crippen LogP contribution in [0.3, 0.4) is 0 Å². The second-order valence-corrected chi connectivity index (χ2v) is 5.84. The van der Waals surface area contributed by atoms with Crippen molar-refractivity contribution in [2.75, 3.05) is 0 Å². The van der Waals surface area contributed by atoms with Crippen LogP contribution in [0.4, 0.5) is 0 Å². The summed E-state index contributed by atoms with van der Waals surface area (Å²) in [6.45, 7) is 0. The first-order chi connectivity index (χ1) is 8.63. The second kappa shape index (κ2) is 5.81. The molecule has 1 heterocycles. The van der Waals surface area contributed by atoms with Crippen molar-refractivity contribution >= 4 is 55.9 Å². The Balaban J connectivity index is 2.41. The molecule has 0 aliphatic carbocycles. The molecular weight excluding hydrogens is 311 g/mol. The molecule has 0 N–H and O–H groups in total. The third-order valence-corrected chi connectivity index (χ3v) is 4.68. The largest absolute Gasteiger partial charge is 0.288 e. The van der Waals surface area contributed by atoms with Crippen LogP contribution in [-0.4, -0.2) is 11.0 Å². The molecule has 0 amide bonds. The molecule has 0 fully saturated rings. The van der Waals surface area contributed by atoms with Crippen LogP contribution in [-0.2, 0) is 0 Å². The van der Waals surface area contributed by atoms with E-state index in [0.29, 0.717) is 15.5 Å². The first-order valence-electron chi connectivity index (χ1n) is 4.65. The smallest absolute Gasteiger partial charge is 0.204 e. The second-order valence-electron chi connectivity index (χ2n) is 3.19. The number of ketones is 1. The predicted octanol–water partition coefficient (Wildman–Crippen LogP) is 4.25. The highest BCUT2D eigenvalue weighted by molar-refractivity contribution is 8.78. The summed E-state index contributed by atoms with van der Waals surface area (Å²) in [5.74, 6) is -0.382. The van der Waals surface area contributed by atoms with Gasteiger partial charge in [-0.1, -0.05) is 23.2 Å². The number of hydrogen-bond acceptors (Lipinski definition) is 5. The van der Waals surface area contributed by atoms with E-state index in [1.54, 1.807) is 24.3 Å². The van der Waals surface area contributed by atoms with Crippen molar-refractivity contribution in [3.63, 3.8) is 0 Å². The molecule has 1 aliphatic heterocycles. The Bertz CT molecular complexity index is 602. The van der Waals surface area contributed by atoms with Gasteiger partial charge in [0.15, 0.2) is 5.17 Å². The van der Waals surface area contributed by atoms with Crippen LogP contribution in [0.5, 0.6) is 0 Å². The molecule has 0 aromatic heterocycles. The van der Waals surface area contributed by atoms with Gasteiger partial charge >= 0.3 is 0 Å². The molecule has 1 aromatic rings. The lowest BCUT2D eigenvalue weighted by Gasteiger charge is -2.02. The monoisotopic (exact) mass is 314 g/mol. The van der Waals surface area contributed by atoms with E-state index in [1.165, 1.54) is 10.8 Å². The lowest BCUT2D eigenvalue weighted by molar-refractivity contribution is 0.103. The quantitative estimate of drug-likeness (QED) is 0.269. The van der Waals surface area contributed by atoms with Crippen LogP contribution >= 0.6 is 45.0 Å². The van der Waals surface area contributed by atoms with Gasteiger partial charge in [0.25, 0.3) is 0 Å². The standard InChI is InChI=1S/C11H4Cl2N2OS2/c12-7-3-1-6(2-4-7)9(16)8(5-14)10-11(13)15-18-17-10/h1-4H/b10-8-. The van der Waals surface area contributed by atoms with Gasteiger partial charge in [0.1, 0.15) is 11.6 Å². The van der Waals surface area contributed by atoms with Gasteiger partial charge < -0.3 is 0 Å². The van der Waals surface area contributed by atoms with Crippen molar-refractivity contribution in [2.45, 2.75) is 0 Å². The molecule has 18 heavy (non-hydrogen) atoms. The molecule has 2 rings (SSSR count). The van der Waals surface area contributed by atoms with Crippen LogP contribution in [0.25, 0.3) is 0 Å². The van der Waals surface area contributed by atoms with Gasteiger partial charge in [0, 0.05) is 10.6 Å². The van der Waals surface area contributed by atoms with Crippen molar-refractivity contribution in [1.82, 2.24) is 0 Å². The zero-order valence-electron chi connectivity index (χ0n) is 8.68. The summed E-state index contributed by atoms with van der Waals surface area (Å²) >= 11 is 11.6. The number of carbonyl (C=O) groups excluding carboxylic acids is 1. The SMILES string of the molecule is N#C/C(C(=O)c1ccc(Cl)cc1)=C1/SSN=C1Cl. The Labute approximate surface area is 121 Å². The summed E-state index contributed by atoms with van der Waals surface area (Å²) in [4.78, 5) is 12.6. The number of nitrogens with zero attached hydrogens (tertiary/aromatic N) is 2. The van der Waals surface area contributed by atoms with Gasteiger partial charge in [-0.2, -0.15) is 9.66 Å². The minimum atomic E-state index is -0.382. The van der Waals surface area contributed by atoms with E-state index < -0.39 is 0 Å². The predicted molar refractivity (Wildman–Crippen MR) is 76.9 cm³/mol. The Hall–Kier alpha value is -0.930. The minimum Gasteiger partial charge on any atom is -0.288 e. The van der Waals surface area contributed by atoms with Crippen LogP contribution < -0.4 is 0 Å². The number of halogens is 2. The van der Waals surface area contributed by atoms with Crippen molar-refractivity contribution in [3.8, 4) is 6.07 Å². The first kappa shape index (κ1) is 13.5. The lowest BCUT2D eigenvalue weighted by atomic mass is 10.0. The highest BCUT2D eigenvalue weighted by atomic mass is 35.5. The fraction of sp³-hybridized carbons (Fsp3) is 0. The average molecular weight is 315 g/mol. The van der Waals surface area contributed by atoms with E-state index in [-0.39, 0.29) is 16.5 Å². The molecule has 1 aromatic carbocycles. The molecule has 3 nitrogen and oxygen atoms in total. The molecular formula is C11H4Cl2N2OS2. The van der Waals surface area contributed by atoms with Gasteiger partial charge in [0.05, 0.1) is 15.9 Å². The van der Waals surface area contributed by atoms with E-state index in [9.17, 15) is 4.79 Å². The Morgan fingerprint density at radius 2 is 1.94 bits per heavy atom. The van der Waals surface area contributed by atoms with E-state index in [2.05, 4.69) is 4.40 Å². The van der Waals surface area contributed by atoms with Gasteiger partial charge in [-0.25, -0.2) is 0 Å². The molecule has 7 heteroatoms. The third kappa shape index (κ3) is 2.73. The molecule has 0 saturated heterocycles. The molecule has 0 bridgehead atoms. The molecule has 1 aliphatic rings. The van der Waals surface area contributed by atoms with Crippen LogP contribution in [0.15, 0.2) is 39.1 Å². The maximum Gasteiger partial charge on any atom is 0.204 e. The summed E-state index contributed by atoms with van der Waals surface area (Å²) in [5, 5.41) is 9.81. The Kier molecular flexibility index (Phi) is 4.36. The van der Waals surface area contributed by atoms with Crippen molar-refractivity contribution in [1.29, 1.82) is 5.26 Å². The number of carbonyl (C=O) groups is 1.